The van der Waals surface area contributed by atoms with Gasteiger partial charge in [-0.2, -0.15) is 0 Å². The van der Waals surface area contributed by atoms with Crippen molar-refractivity contribution in [2.75, 3.05) is 13.2 Å². The second-order valence-corrected chi connectivity index (χ2v) is 6.52. The third kappa shape index (κ3) is 4.53. The lowest BCUT2D eigenvalue weighted by atomic mass is 9.96. The first-order valence-corrected chi connectivity index (χ1v) is 8.88. The molecule has 0 aromatic heterocycles. The molecule has 1 heterocycles. The Kier molecular flexibility index (Phi) is 5.95. The van der Waals surface area contributed by atoms with Crippen LogP contribution in [0.15, 0.2) is 42.5 Å². The molecule has 2 aromatic rings. The van der Waals surface area contributed by atoms with Gasteiger partial charge in [-0.05, 0) is 48.2 Å². The molecule has 1 aliphatic rings. The van der Waals surface area contributed by atoms with Crippen LogP contribution in [0.4, 0.5) is 0 Å². The fourth-order valence-electron chi connectivity index (χ4n) is 2.94. The van der Waals surface area contributed by atoms with E-state index in [-0.39, 0.29) is 11.8 Å². The lowest BCUT2D eigenvalue weighted by Gasteiger charge is -2.25. The Hall–Kier alpha value is -2.04. The summed E-state index contributed by atoms with van der Waals surface area (Å²) >= 11 is 6.04. The molecule has 0 saturated heterocycles. The summed E-state index contributed by atoms with van der Waals surface area (Å²) in [6.07, 6.45) is 0.641. The summed E-state index contributed by atoms with van der Waals surface area (Å²) in [5, 5.41) is 3.68. The van der Waals surface area contributed by atoms with Crippen LogP contribution in [0.5, 0.6) is 5.75 Å². The zero-order valence-electron chi connectivity index (χ0n) is 14.3. The average molecular weight is 360 g/mol. The van der Waals surface area contributed by atoms with E-state index in [2.05, 4.69) is 5.32 Å². The van der Waals surface area contributed by atoms with Gasteiger partial charge in [-0.3, -0.25) is 4.79 Å². The molecule has 25 heavy (non-hydrogen) atoms. The molecular formula is C20H22ClNO3. The zero-order valence-corrected chi connectivity index (χ0v) is 15.0. The lowest BCUT2D eigenvalue weighted by molar-refractivity contribution is -0.126. The molecular weight excluding hydrogens is 338 g/mol. The van der Waals surface area contributed by atoms with Crippen LogP contribution in [0.25, 0.3) is 0 Å². The van der Waals surface area contributed by atoms with Crippen molar-refractivity contribution >= 4 is 17.5 Å². The minimum absolute atomic E-state index is 0.00293. The maximum absolute atomic E-state index is 12.5. The van der Waals surface area contributed by atoms with E-state index in [4.69, 9.17) is 21.1 Å². The number of ether oxygens (including phenoxy) is 2. The maximum atomic E-state index is 12.5. The Bertz CT molecular complexity index is 747. The highest BCUT2D eigenvalue weighted by molar-refractivity contribution is 6.30. The van der Waals surface area contributed by atoms with Gasteiger partial charge in [0, 0.05) is 18.2 Å². The Balaban J connectivity index is 1.60. The van der Waals surface area contributed by atoms with Crippen LogP contribution in [0.1, 0.15) is 23.6 Å². The van der Waals surface area contributed by atoms with Crippen LogP contribution >= 0.6 is 11.6 Å². The van der Waals surface area contributed by atoms with Crippen molar-refractivity contribution in [3.63, 3.8) is 0 Å². The van der Waals surface area contributed by atoms with E-state index in [1.54, 1.807) is 6.07 Å². The van der Waals surface area contributed by atoms with Crippen LogP contribution in [0, 0.1) is 5.92 Å². The van der Waals surface area contributed by atoms with E-state index >= 15 is 0 Å². The van der Waals surface area contributed by atoms with Crippen molar-refractivity contribution in [2.45, 2.75) is 26.5 Å². The number of fused-ring (bicyclic) bond motifs is 1. The number of benzene rings is 2. The van der Waals surface area contributed by atoms with E-state index in [9.17, 15) is 4.79 Å². The number of carbonyl (C=O) groups excluding carboxylic acids is 1. The molecule has 4 nitrogen and oxygen atoms in total. The molecule has 3 rings (SSSR count). The van der Waals surface area contributed by atoms with Crippen LogP contribution < -0.4 is 10.1 Å². The van der Waals surface area contributed by atoms with Gasteiger partial charge in [-0.25, -0.2) is 0 Å². The largest absolute Gasteiger partial charge is 0.492 e. The average Bonchev–Trinajstić information content (AvgIpc) is 2.64. The summed E-state index contributed by atoms with van der Waals surface area (Å²) in [4.78, 5) is 12.5. The monoisotopic (exact) mass is 359 g/mol. The molecule has 2 aromatic carbocycles. The van der Waals surface area contributed by atoms with Crippen molar-refractivity contribution < 1.29 is 14.3 Å². The predicted molar refractivity (Wildman–Crippen MR) is 97.8 cm³/mol. The fourth-order valence-corrected chi connectivity index (χ4v) is 3.14. The van der Waals surface area contributed by atoms with Gasteiger partial charge in [-0.1, -0.05) is 35.9 Å². The van der Waals surface area contributed by atoms with Crippen molar-refractivity contribution in [2.24, 2.45) is 5.92 Å². The molecule has 0 saturated carbocycles. The number of hydrogen-bond acceptors (Lipinski definition) is 3. The highest BCUT2D eigenvalue weighted by Crippen LogP contribution is 2.29. The topological polar surface area (TPSA) is 47.6 Å². The van der Waals surface area contributed by atoms with E-state index in [1.165, 1.54) is 0 Å². The number of amides is 1. The molecule has 5 heteroatoms. The van der Waals surface area contributed by atoms with Gasteiger partial charge in [0.2, 0.25) is 5.91 Å². The molecule has 1 N–H and O–H groups in total. The van der Waals surface area contributed by atoms with Crippen LogP contribution in [-0.2, 0) is 29.1 Å². The number of nitrogens with one attached hydrogen (secondary N) is 1. The van der Waals surface area contributed by atoms with E-state index in [0.717, 1.165) is 22.4 Å². The number of rotatable bonds is 6. The lowest BCUT2D eigenvalue weighted by Crippen LogP contribution is -2.37. The van der Waals surface area contributed by atoms with Gasteiger partial charge in [0.15, 0.2) is 0 Å². The quantitative estimate of drug-likeness (QED) is 0.854. The maximum Gasteiger partial charge on any atom is 0.227 e. The molecule has 0 radical (unpaired) electrons. The minimum Gasteiger partial charge on any atom is -0.492 e. The van der Waals surface area contributed by atoms with Gasteiger partial charge in [0.25, 0.3) is 0 Å². The first kappa shape index (κ1) is 17.8. The molecule has 0 fully saturated rings. The van der Waals surface area contributed by atoms with Gasteiger partial charge in [0.1, 0.15) is 12.4 Å². The van der Waals surface area contributed by atoms with Gasteiger partial charge in [0.05, 0.1) is 12.5 Å². The summed E-state index contributed by atoms with van der Waals surface area (Å²) in [5.74, 6) is 0.609. The second kappa shape index (κ2) is 8.37. The highest BCUT2D eigenvalue weighted by Gasteiger charge is 2.26. The molecule has 1 atom stereocenters. The van der Waals surface area contributed by atoms with Gasteiger partial charge in [-0.15, -0.1) is 0 Å². The highest BCUT2D eigenvalue weighted by atomic mass is 35.5. The summed E-state index contributed by atoms with van der Waals surface area (Å²) in [7, 11) is 0. The number of halogens is 1. The Morgan fingerprint density at radius 2 is 2.08 bits per heavy atom. The molecule has 0 bridgehead atoms. The first-order chi connectivity index (χ1) is 12.2. The summed E-state index contributed by atoms with van der Waals surface area (Å²) in [6.45, 7) is 4.07. The standard InChI is InChI=1S/C20H22ClNO3/c1-2-24-12-15-6-4-3-5-14(15)11-22-20(23)17-9-16-10-18(21)7-8-19(16)25-13-17/h3-8,10,17H,2,9,11-13H2,1H3,(H,22,23). The van der Waals surface area contributed by atoms with Crippen LogP contribution in [0.2, 0.25) is 5.02 Å². The molecule has 0 aliphatic carbocycles. The van der Waals surface area contributed by atoms with E-state index in [1.807, 2.05) is 43.3 Å². The van der Waals surface area contributed by atoms with Gasteiger partial charge >= 0.3 is 0 Å². The van der Waals surface area contributed by atoms with Crippen molar-refractivity contribution in [1.29, 1.82) is 0 Å². The first-order valence-electron chi connectivity index (χ1n) is 8.51. The minimum atomic E-state index is -0.204. The van der Waals surface area contributed by atoms with E-state index in [0.29, 0.717) is 37.8 Å². The zero-order chi connectivity index (χ0) is 17.6. The van der Waals surface area contributed by atoms with Crippen LogP contribution in [0.3, 0.4) is 0 Å². The van der Waals surface area contributed by atoms with Gasteiger partial charge < -0.3 is 14.8 Å². The van der Waals surface area contributed by atoms with Crippen molar-refractivity contribution in [3.05, 3.63) is 64.2 Å². The SMILES string of the molecule is CCOCc1ccccc1CNC(=O)C1COc2ccc(Cl)cc2C1. The molecule has 132 valence electrons. The number of hydrogen-bond donors (Lipinski definition) is 1. The number of carbonyl (C=O) groups is 1. The van der Waals surface area contributed by atoms with E-state index < -0.39 is 0 Å². The molecule has 0 spiro atoms. The smallest absolute Gasteiger partial charge is 0.227 e. The normalized spacial score (nSPS) is 16.0. The third-order valence-corrected chi connectivity index (χ3v) is 4.57. The fraction of sp³-hybridized carbons (Fsp3) is 0.350. The summed E-state index contributed by atoms with van der Waals surface area (Å²) in [5.41, 5.74) is 3.15. The third-order valence-electron chi connectivity index (χ3n) is 4.33. The molecule has 1 aliphatic heterocycles. The van der Waals surface area contributed by atoms with Crippen LogP contribution in [-0.4, -0.2) is 19.1 Å². The molecule has 1 unspecified atom stereocenters. The molecule has 1 amide bonds. The Morgan fingerprint density at radius 1 is 1.28 bits per heavy atom. The Morgan fingerprint density at radius 3 is 2.88 bits per heavy atom. The second-order valence-electron chi connectivity index (χ2n) is 6.09. The Labute approximate surface area is 153 Å². The summed E-state index contributed by atoms with van der Waals surface area (Å²) < 4.78 is 11.2. The predicted octanol–water partition coefficient (Wildman–Crippen LogP) is 3.74. The van der Waals surface area contributed by atoms with Crippen molar-refractivity contribution in [3.8, 4) is 5.75 Å². The van der Waals surface area contributed by atoms with Crippen molar-refractivity contribution in [1.82, 2.24) is 5.32 Å². The summed E-state index contributed by atoms with van der Waals surface area (Å²) in [6, 6.07) is 13.5.